The molecule has 0 aliphatic carbocycles. The van der Waals surface area contributed by atoms with Gasteiger partial charge in [0.05, 0.1) is 5.69 Å². The lowest BCUT2D eigenvalue weighted by molar-refractivity contribution is 0.615. The Morgan fingerprint density at radius 2 is 1.95 bits per heavy atom. The number of anilines is 1. The highest BCUT2D eigenvalue weighted by molar-refractivity contribution is 5.55. The van der Waals surface area contributed by atoms with Crippen molar-refractivity contribution in [2.75, 3.05) is 11.4 Å². The normalized spacial score (nSPS) is 10.5. The first kappa shape index (κ1) is 13.5. The maximum absolute atomic E-state index is 14.1. The summed E-state index contributed by atoms with van der Waals surface area (Å²) in [7, 11) is 0. The van der Waals surface area contributed by atoms with Gasteiger partial charge < -0.3 is 10.6 Å². The molecule has 1 aromatic heterocycles. The molecule has 0 bridgehead atoms. The van der Waals surface area contributed by atoms with E-state index < -0.39 is 0 Å². The van der Waals surface area contributed by atoms with Crippen LogP contribution in [0.3, 0.4) is 0 Å². The number of hydrogen-bond donors (Lipinski definition) is 1. The number of aromatic nitrogens is 1. The van der Waals surface area contributed by atoms with E-state index in [4.69, 9.17) is 5.73 Å². The van der Waals surface area contributed by atoms with Crippen molar-refractivity contribution in [3.63, 3.8) is 0 Å². The van der Waals surface area contributed by atoms with Gasteiger partial charge in [0.1, 0.15) is 5.82 Å². The molecule has 0 unspecified atom stereocenters. The van der Waals surface area contributed by atoms with Crippen molar-refractivity contribution in [3.8, 4) is 0 Å². The number of halogens is 1. The second-order valence-corrected chi connectivity index (χ2v) is 4.32. The van der Waals surface area contributed by atoms with Crippen molar-refractivity contribution in [1.29, 1.82) is 0 Å². The Balaban J connectivity index is 2.32. The summed E-state index contributed by atoms with van der Waals surface area (Å²) in [6, 6.07) is 8.91. The quantitative estimate of drug-likeness (QED) is 0.897. The first-order valence-corrected chi connectivity index (χ1v) is 6.37. The monoisotopic (exact) mass is 259 g/mol. The van der Waals surface area contributed by atoms with Crippen molar-refractivity contribution in [1.82, 2.24) is 4.98 Å². The van der Waals surface area contributed by atoms with Crippen LogP contribution in [0.15, 0.2) is 42.7 Å². The highest BCUT2D eigenvalue weighted by atomic mass is 19.1. The third-order valence-electron chi connectivity index (χ3n) is 3.11. The van der Waals surface area contributed by atoms with Crippen LogP contribution in [0.2, 0.25) is 0 Å². The van der Waals surface area contributed by atoms with Gasteiger partial charge in [-0.1, -0.05) is 12.1 Å². The molecule has 0 atom stereocenters. The standard InChI is InChI=1S/C15H18FN3/c1-2-19(11-12-6-8-18-9-7-12)15-13(10-17)4-3-5-14(15)16/h3-9H,2,10-11,17H2,1H3. The third kappa shape index (κ3) is 3.09. The summed E-state index contributed by atoms with van der Waals surface area (Å²) in [4.78, 5) is 5.98. The van der Waals surface area contributed by atoms with Crippen LogP contribution >= 0.6 is 0 Å². The minimum Gasteiger partial charge on any atom is -0.365 e. The number of nitrogens with two attached hydrogens (primary N) is 1. The summed E-state index contributed by atoms with van der Waals surface area (Å²) in [5, 5.41) is 0. The van der Waals surface area contributed by atoms with Crippen LogP contribution in [0.1, 0.15) is 18.1 Å². The lowest BCUT2D eigenvalue weighted by Crippen LogP contribution is -2.25. The van der Waals surface area contributed by atoms with Gasteiger partial charge >= 0.3 is 0 Å². The van der Waals surface area contributed by atoms with E-state index in [0.717, 1.165) is 17.7 Å². The van der Waals surface area contributed by atoms with E-state index >= 15 is 0 Å². The van der Waals surface area contributed by atoms with Crippen molar-refractivity contribution in [3.05, 3.63) is 59.7 Å². The summed E-state index contributed by atoms with van der Waals surface area (Å²) in [6.45, 7) is 3.71. The highest BCUT2D eigenvalue weighted by Crippen LogP contribution is 2.25. The summed E-state index contributed by atoms with van der Waals surface area (Å²) in [5.74, 6) is -0.223. The summed E-state index contributed by atoms with van der Waals surface area (Å²) in [5.41, 5.74) is 8.23. The largest absolute Gasteiger partial charge is 0.365 e. The van der Waals surface area contributed by atoms with Crippen LogP contribution in [-0.4, -0.2) is 11.5 Å². The Labute approximate surface area is 112 Å². The molecule has 1 aromatic carbocycles. The molecule has 19 heavy (non-hydrogen) atoms. The molecule has 0 aliphatic rings. The molecule has 0 saturated heterocycles. The van der Waals surface area contributed by atoms with Gasteiger partial charge in [-0.3, -0.25) is 4.98 Å². The van der Waals surface area contributed by atoms with Gasteiger partial charge in [0.2, 0.25) is 0 Å². The van der Waals surface area contributed by atoms with Crippen LogP contribution in [0.25, 0.3) is 0 Å². The molecule has 0 radical (unpaired) electrons. The third-order valence-corrected chi connectivity index (χ3v) is 3.11. The molecule has 0 aliphatic heterocycles. The Kier molecular flexibility index (Phi) is 4.47. The van der Waals surface area contributed by atoms with Gasteiger partial charge in [-0.05, 0) is 36.2 Å². The first-order valence-electron chi connectivity index (χ1n) is 6.37. The molecule has 0 amide bonds. The van der Waals surface area contributed by atoms with Crippen LogP contribution in [0, 0.1) is 5.82 Å². The molecular weight excluding hydrogens is 241 g/mol. The molecule has 3 nitrogen and oxygen atoms in total. The molecule has 4 heteroatoms. The van der Waals surface area contributed by atoms with Gasteiger partial charge in [0, 0.05) is 32.0 Å². The highest BCUT2D eigenvalue weighted by Gasteiger charge is 2.14. The van der Waals surface area contributed by atoms with Crippen LogP contribution in [-0.2, 0) is 13.1 Å². The van der Waals surface area contributed by atoms with Crippen LogP contribution < -0.4 is 10.6 Å². The van der Waals surface area contributed by atoms with Gasteiger partial charge in [-0.25, -0.2) is 4.39 Å². The summed E-state index contributed by atoms with van der Waals surface area (Å²) >= 11 is 0. The molecule has 0 spiro atoms. The average molecular weight is 259 g/mol. The van der Waals surface area contributed by atoms with Crippen molar-refractivity contribution in [2.24, 2.45) is 5.73 Å². The predicted molar refractivity (Wildman–Crippen MR) is 75.3 cm³/mol. The van der Waals surface area contributed by atoms with Crippen LogP contribution in [0.5, 0.6) is 0 Å². The van der Waals surface area contributed by atoms with Crippen molar-refractivity contribution < 1.29 is 4.39 Å². The Hall–Kier alpha value is -1.94. The van der Waals surface area contributed by atoms with E-state index in [2.05, 4.69) is 4.98 Å². The van der Waals surface area contributed by atoms with Gasteiger partial charge in [0.15, 0.2) is 0 Å². The molecule has 0 saturated carbocycles. The zero-order valence-electron chi connectivity index (χ0n) is 11.0. The Morgan fingerprint density at radius 1 is 1.21 bits per heavy atom. The molecule has 2 rings (SSSR count). The Morgan fingerprint density at radius 3 is 2.58 bits per heavy atom. The Bertz CT molecular complexity index is 528. The minimum atomic E-state index is -0.223. The van der Waals surface area contributed by atoms with E-state index in [9.17, 15) is 4.39 Å². The molecule has 2 aromatic rings. The lowest BCUT2D eigenvalue weighted by atomic mass is 10.1. The molecule has 100 valence electrons. The number of benzene rings is 1. The van der Waals surface area contributed by atoms with Crippen LogP contribution in [0.4, 0.5) is 10.1 Å². The SMILES string of the molecule is CCN(Cc1ccncc1)c1c(F)cccc1CN. The topological polar surface area (TPSA) is 42.2 Å². The zero-order valence-corrected chi connectivity index (χ0v) is 11.0. The fourth-order valence-corrected chi connectivity index (χ4v) is 2.14. The van der Waals surface area contributed by atoms with Crippen molar-refractivity contribution >= 4 is 5.69 Å². The van der Waals surface area contributed by atoms with Crippen molar-refractivity contribution in [2.45, 2.75) is 20.0 Å². The molecular formula is C15H18FN3. The number of hydrogen-bond acceptors (Lipinski definition) is 3. The molecule has 0 fully saturated rings. The maximum Gasteiger partial charge on any atom is 0.146 e. The van der Waals surface area contributed by atoms with Gasteiger partial charge in [-0.2, -0.15) is 0 Å². The number of nitrogens with zero attached hydrogens (tertiary/aromatic N) is 2. The first-order chi connectivity index (χ1) is 9.26. The van der Waals surface area contributed by atoms with E-state index in [1.165, 1.54) is 6.07 Å². The number of pyridine rings is 1. The van der Waals surface area contributed by atoms with Gasteiger partial charge in [0.25, 0.3) is 0 Å². The fourth-order valence-electron chi connectivity index (χ4n) is 2.14. The van der Waals surface area contributed by atoms with E-state index in [0.29, 0.717) is 18.8 Å². The minimum absolute atomic E-state index is 0.223. The lowest BCUT2D eigenvalue weighted by Gasteiger charge is -2.26. The second kappa shape index (κ2) is 6.29. The predicted octanol–water partition coefficient (Wildman–Crippen LogP) is 2.71. The second-order valence-electron chi connectivity index (χ2n) is 4.32. The molecule has 1 heterocycles. The average Bonchev–Trinajstić information content (AvgIpc) is 2.46. The van der Waals surface area contributed by atoms with E-state index in [1.54, 1.807) is 18.5 Å². The zero-order chi connectivity index (χ0) is 13.7. The fraction of sp³-hybridized carbons (Fsp3) is 0.267. The van der Waals surface area contributed by atoms with E-state index in [-0.39, 0.29) is 5.82 Å². The number of rotatable bonds is 5. The van der Waals surface area contributed by atoms with E-state index in [1.807, 2.05) is 30.0 Å². The molecule has 2 N–H and O–H groups in total. The smallest absolute Gasteiger partial charge is 0.146 e. The summed E-state index contributed by atoms with van der Waals surface area (Å²) in [6.07, 6.45) is 3.49. The van der Waals surface area contributed by atoms with Gasteiger partial charge in [-0.15, -0.1) is 0 Å². The number of para-hydroxylation sites is 1. The summed E-state index contributed by atoms with van der Waals surface area (Å²) < 4.78 is 14.1. The maximum atomic E-state index is 14.1.